The van der Waals surface area contributed by atoms with E-state index < -0.39 is 0 Å². The summed E-state index contributed by atoms with van der Waals surface area (Å²) >= 11 is 0. The summed E-state index contributed by atoms with van der Waals surface area (Å²) in [6, 6.07) is 32.7. The summed E-state index contributed by atoms with van der Waals surface area (Å²) in [6.45, 7) is 26.8. The molecule has 1 atom stereocenters. The molecule has 0 saturated carbocycles. The van der Waals surface area contributed by atoms with Crippen LogP contribution in [-0.2, 0) is 18.3 Å². The fourth-order valence-corrected chi connectivity index (χ4v) is 11.7. The normalized spacial score (nSPS) is 19.6. The number of hydrogen-bond acceptors (Lipinski definition) is 1. The quantitative estimate of drug-likeness (QED) is 0.128. The van der Waals surface area contributed by atoms with E-state index in [0.717, 1.165) is 64.2 Å². The SMILES string of the molecule is C=C/C=C\C=C(/C)C1=CC=C(N(c2ccc(C/C=C3\C(=C/C=C)Cc4ccccc43)cc2)c2ccc(C3(C4=CCCC=C4)C4=C(CCC=C4)c4c3ccc(C3=C(C)CCC=C3)c4C)cc2)CC1.CC.CC.CC. The van der Waals surface area contributed by atoms with E-state index in [2.05, 4.69) is 203 Å². The Labute approximate surface area is 441 Å². The lowest BCUT2D eigenvalue weighted by Gasteiger charge is -2.38. The molecule has 1 nitrogen and oxygen atoms in total. The lowest BCUT2D eigenvalue weighted by molar-refractivity contribution is 0.740. The average Bonchev–Trinajstić information content (AvgIpc) is 3.96. The molecule has 0 amide bonds. The molecular weight excluding hydrogens is 879 g/mol. The van der Waals surface area contributed by atoms with Crippen LogP contribution in [0.15, 0.2) is 234 Å². The number of hydrogen-bond donors (Lipinski definition) is 0. The Balaban J connectivity index is 0.00000126. The van der Waals surface area contributed by atoms with Gasteiger partial charge in [0.1, 0.15) is 0 Å². The van der Waals surface area contributed by atoms with Crippen molar-refractivity contribution in [1.29, 1.82) is 0 Å². The van der Waals surface area contributed by atoms with Gasteiger partial charge in [-0.05, 0) is 204 Å². The topological polar surface area (TPSA) is 3.24 Å². The highest BCUT2D eigenvalue weighted by atomic mass is 15.1. The van der Waals surface area contributed by atoms with Crippen molar-refractivity contribution in [3.63, 3.8) is 0 Å². The molecule has 374 valence electrons. The van der Waals surface area contributed by atoms with Gasteiger partial charge in [0.15, 0.2) is 0 Å². The van der Waals surface area contributed by atoms with E-state index >= 15 is 0 Å². The second-order valence-electron chi connectivity index (χ2n) is 19.0. The number of fused-ring (bicyclic) bond motifs is 3. The molecule has 0 spiro atoms. The third-order valence-corrected chi connectivity index (χ3v) is 15.1. The Hall–Kier alpha value is -6.96. The van der Waals surface area contributed by atoms with Crippen LogP contribution in [0.1, 0.15) is 151 Å². The first-order valence-electron chi connectivity index (χ1n) is 27.6. The Morgan fingerprint density at radius 2 is 1.38 bits per heavy atom. The van der Waals surface area contributed by atoms with E-state index in [4.69, 9.17) is 0 Å². The van der Waals surface area contributed by atoms with Crippen LogP contribution >= 0.6 is 0 Å². The molecule has 10 rings (SSSR count). The number of rotatable bonds is 12. The molecule has 6 aliphatic rings. The van der Waals surface area contributed by atoms with Crippen molar-refractivity contribution in [2.24, 2.45) is 0 Å². The molecule has 0 heterocycles. The predicted octanol–water partition coefficient (Wildman–Crippen LogP) is 20.6. The molecule has 6 aliphatic carbocycles. The van der Waals surface area contributed by atoms with Crippen LogP contribution in [0, 0.1) is 6.92 Å². The molecule has 1 unspecified atom stereocenters. The number of benzene rings is 4. The summed E-state index contributed by atoms with van der Waals surface area (Å²) < 4.78 is 0. The van der Waals surface area contributed by atoms with Crippen molar-refractivity contribution < 1.29 is 0 Å². The zero-order chi connectivity index (χ0) is 51.9. The fourth-order valence-electron chi connectivity index (χ4n) is 11.7. The number of nitrogens with zero attached hydrogens (tertiary/aromatic N) is 1. The van der Waals surface area contributed by atoms with Crippen molar-refractivity contribution in [3.8, 4) is 0 Å². The van der Waals surface area contributed by atoms with Crippen LogP contribution in [0.5, 0.6) is 0 Å². The maximum Gasteiger partial charge on any atom is 0.0707 e. The highest BCUT2D eigenvalue weighted by Crippen LogP contribution is 2.59. The number of anilines is 2. The van der Waals surface area contributed by atoms with Gasteiger partial charge in [-0.3, -0.25) is 0 Å². The summed E-state index contributed by atoms with van der Waals surface area (Å²) in [5.74, 6) is 0. The Bertz CT molecular complexity index is 3040. The van der Waals surface area contributed by atoms with Crippen LogP contribution in [0.4, 0.5) is 11.4 Å². The molecular formula is C72H81N. The Morgan fingerprint density at radius 3 is 2.07 bits per heavy atom. The van der Waals surface area contributed by atoms with Crippen LogP contribution < -0.4 is 4.90 Å². The zero-order valence-electron chi connectivity index (χ0n) is 45.8. The molecule has 4 aromatic rings. The molecule has 0 saturated heterocycles. The summed E-state index contributed by atoms with van der Waals surface area (Å²) in [7, 11) is 0. The summed E-state index contributed by atoms with van der Waals surface area (Å²) in [4.78, 5) is 2.50. The maximum atomic E-state index is 4.02. The molecule has 0 bridgehead atoms. The van der Waals surface area contributed by atoms with Crippen LogP contribution in [0.3, 0.4) is 0 Å². The molecule has 1 heteroatoms. The van der Waals surface area contributed by atoms with Gasteiger partial charge in [-0.1, -0.05) is 212 Å². The summed E-state index contributed by atoms with van der Waals surface area (Å²) in [5, 5.41) is 0. The van der Waals surface area contributed by atoms with Gasteiger partial charge in [0.05, 0.1) is 5.41 Å². The zero-order valence-corrected chi connectivity index (χ0v) is 45.8. The molecule has 0 aliphatic heterocycles. The van der Waals surface area contributed by atoms with Gasteiger partial charge in [-0.15, -0.1) is 0 Å². The third kappa shape index (κ3) is 10.9. The third-order valence-electron chi connectivity index (χ3n) is 15.1. The van der Waals surface area contributed by atoms with Gasteiger partial charge in [-0.2, -0.15) is 0 Å². The van der Waals surface area contributed by atoms with Crippen LogP contribution in [-0.4, -0.2) is 0 Å². The Kier molecular flexibility index (Phi) is 18.9. The molecule has 0 fully saturated rings. The average molecular weight is 960 g/mol. The van der Waals surface area contributed by atoms with Crippen molar-refractivity contribution in [2.75, 3.05) is 4.90 Å². The van der Waals surface area contributed by atoms with Crippen LogP contribution in [0.2, 0.25) is 0 Å². The largest absolute Gasteiger partial charge is 0.314 e. The monoisotopic (exact) mass is 960 g/mol. The number of allylic oxidation sites excluding steroid dienone is 26. The van der Waals surface area contributed by atoms with Gasteiger partial charge in [0, 0.05) is 17.1 Å². The standard InChI is InChI=1S/C66H63N.3C2H6/c1-6-8-10-20-46(3)50-32-38-56(39-33-50)67(55-36-29-49(30-37-55)31-42-61-51(19-7-2)45-52-22-14-16-26-60(52)61)57-40-34-54(35-41-57)66(53-23-11-9-12-24-53)63-28-18-17-27-62(63)65-48(5)59(43-44-64(65)66)58-25-15-13-21-47(58)4;3*1-2/h6-8,10-11,14-16,18-20,22-26,28-30,32,34-38,40-44H,1-2,9,12-13,17,21,27,31,33,39,45H2,3-5H3;3*1-2H3/b10-8-,46-20+,51-19-,61-42+;;;. The van der Waals surface area contributed by atoms with E-state index in [1.165, 1.54) is 112 Å². The van der Waals surface area contributed by atoms with Gasteiger partial charge in [0.2, 0.25) is 0 Å². The maximum absolute atomic E-state index is 4.02. The summed E-state index contributed by atoms with van der Waals surface area (Å²) in [6.07, 6.45) is 46.6. The van der Waals surface area contributed by atoms with Gasteiger partial charge in [0.25, 0.3) is 0 Å². The summed E-state index contributed by atoms with van der Waals surface area (Å²) in [5.41, 5.74) is 27.0. The van der Waals surface area contributed by atoms with Crippen molar-refractivity contribution in [3.05, 3.63) is 279 Å². The Morgan fingerprint density at radius 1 is 0.671 bits per heavy atom. The first kappa shape index (κ1) is 53.8. The minimum absolute atomic E-state index is 0.390. The molecule has 0 aromatic heterocycles. The lowest BCUT2D eigenvalue weighted by atomic mass is 9.64. The predicted molar refractivity (Wildman–Crippen MR) is 322 cm³/mol. The first-order chi connectivity index (χ1) is 35.9. The van der Waals surface area contributed by atoms with Gasteiger partial charge >= 0.3 is 0 Å². The smallest absolute Gasteiger partial charge is 0.0707 e. The second kappa shape index (κ2) is 25.6. The fraction of sp³-hybridized carbons (Fsp3) is 0.278. The highest BCUT2D eigenvalue weighted by Gasteiger charge is 2.48. The molecule has 4 aromatic carbocycles. The second-order valence-corrected chi connectivity index (χ2v) is 19.0. The molecule has 73 heavy (non-hydrogen) atoms. The minimum atomic E-state index is -0.390. The van der Waals surface area contributed by atoms with Crippen LogP contribution in [0.25, 0.3) is 16.7 Å². The van der Waals surface area contributed by atoms with Crippen molar-refractivity contribution >= 4 is 28.1 Å². The molecule has 0 radical (unpaired) electrons. The highest BCUT2D eigenvalue weighted by molar-refractivity contribution is 5.93. The van der Waals surface area contributed by atoms with E-state index in [9.17, 15) is 0 Å². The van der Waals surface area contributed by atoms with E-state index in [-0.39, 0.29) is 5.41 Å². The van der Waals surface area contributed by atoms with Crippen molar-refractivity contribution in [2.45, 2.75) is 132 Å². The minimum Gasteiger partial charge on any atom is -0.314 e. The van der Waals surface area contributed by atoms with E-state index in [1.807, 2.05) is 59.8 Å². The van der Waals surface area contributed by atoms with Crippen molar-refractivity contribution in [1.82, 2.24) is 0 Å². The van der Waals surface area contributed by atoms with Gasteiger partial charge in [-0.25, -0.2) is 0 Å². The lowest BCUT2D eigenvalue weighted by Crippen LogP contribution is -2.31. The van der Waals surface area contributed by atoms with E-state index in [0.29, 0.717) is 0 Å². The van der Waals surface area contributed by atoms with Gasteiger partial charge < -0.3 is 4.90 Å². The van der Waals surface area contributed by atoms with E-state index in [1.54, 1.807) is 0 Å². The first-order valence-corrected chi connectivity index (χ1v) is 27.6. The molecule has 0 N–H and O–H groups in total.